The van der Waals surface area contributed by atoms with Crippen LogP contribution < -0.4 is 10.1 Å². The number of rotatable bonds is 6. The van der Waals surface area contributed by atoms with Gasteiger partial charge in [-0.25, -0.2) is 0 Å². The molecule has 0 unspecified atom stereocenters. The second-order valence-electron chi connectivity index (χ2n) is 6.50. The second kappa shape index (κ2) is 7.82. The minimum atomic E-state index is 0.0263. The van der Waals surface area contributed by atoms with E-state index in [2.05, 4.69) is 31.3 Å². The van der Waals surface area contributed by atoms with Gasteiger partial charge in [-0.05, 0) is 41.7 Å². The van der Waals surface area contributed by atoms with Crippen molar-refractivity contribution in [2.24, 2.45) is 5.92 Å². The molecule has 0 atom stereocenters. The molecule has 0 aliphatic heterocycles. The van der Waals surface area contributed by atoms with Gasteiger partial charge in [-0.2, -0.15) is 0 Å². The van der Waals surface area contributed by atoms with Crippen LogP contribution in [0.1, 0.15) is 45.6 Å². The van der Waals surface area contributed by atoms with Crippen molar-refractivity contribution in [3.05, 3.63) is 54.1 Å². The van der Waals surface area contributed by atoms with Crippen LogP contribution in [0.15, 0.2) is 48.5 Å². The molecule has 3 heteroatoms. The molecule has 2 aromatic rings. The SMILES string of the molecule is CC(C)CC(=O)Nc1cccc(Oc2ccc(C(C)C)cc2)c1. The van der Waals surface area contributed by atoms with E-state index in [9.17, 15) is 4.79 Å². The first-order chi connectivity index (χ1) is 10.9. The van der Waals surface area contributed by atoms with E-state index >= 15 is 0 Å². The van der Waals surface area contributed by atoms with Crippen molar-refractivity contribution >= 4 is 11.6 Å². The van der Waals surface area contributed by atoms with E-state index in [-0.39, 0.29) is 5.91 Å². The van der Waals surface area contributed by atoms with E-state index in [4.69, 9.17) is 4.74 Å². The fraction of sp³-hybridized carbons (Fsp3) is 0.350. The zero-order valence-corrected chi connectivity index (χ0v) is 14.3. The third-order valence-corrected chi connectivity index (χ3v) is 3.49. The average Bonchev–Trinajstić information content (AvgIpc) is 2.47. The Morgan fingerprint density at radius 2 is 1.70 bits per heavy atom. The van der Waals surface area contributed by atoms with Crippen LogP contribution >= 0.6 is 0 Å². The Hall–Kier alpha value is -2.29. The minimum Gasteiger partial charge on any atom is -0.457 e. The number of ether oxygens (including phenoxy) is 1. The quantitative estimate of drug-likeness (QED) is 0.755. The highest BCUT2D eigenvalue weighted by atomic mass is 16.5. The topological polar surface area (TPSA) is 38.3 Å². The minimum absolute atomic E-state index is 0.0263. The number of hydrogen-bond donors (Lipinski definition) is 1. The maximum atomic E-state index is 11.8. The molecule has 3 nitrogen and oxygen atoms in total. The summed E-state index contributed by atoms with van der Waals surface area (Å²) < 4.78 is 5.87. The van der Waals surface area contributed by atoms with E-state index in [0.29, 0.717) is 24.0 Å². The van der Waals surface area contributed by atoms with Crippen LogP contribution in [-0.2, 0) is 4.79 Å². The van der Waals surface area contributed by atoms with Gasteiger partial charge in [0.05, 0.1) is 0 Å². The number of carbonyl (C=O) groups is 1. The number of benzene rings is 2. The van der Waals surface area contributed by atoms with Gasteiger partial charge in [0.1, 0.15) is 11.5 Å². The van der Waals surface area contributed by atoms with Crippen LogP contribution in [0.25, 0.3) is 0 Å². The molecule has 0 radical (unpaired) electrons. The van der Waals surface area contributed by atoms with Crippen molar-refractivity contribution in [3.8, 4) is 11.5 Å². The van der Waals surface area contributed by atoms with Crippen LogP contribution in [0.5, 0.6) is 11.5 Å². The molecule has 122 valence electrons. The zero-order chi connectivity index (χ0) is 16.8. The molecule has 23 heavy (non-hydrogen) atoms. The molecule has 0 bridgehead atoms. The first kappa shape index (κ1) is 17.1. The summed E-state index contributed by atoms with van der Waals surface area (Å²) in [5.74, 6) is 2.38. The summed E-state index contributed by atoms with van der Waals surface area (Å²) in [4.78, 5) is 11.8. The van der Waals surface area contributed by atoms with Gasteiger partial charge in [-0.3, -0.25) is 4.79 Å². The largest absolute Gasteiger partial charge is 0.457 e. The summed E-state index contributed by atoms with van der Waals surface area (Å²) in [6.45, 7) is 8.39. The number of amides is 1. The predicted octanol–water partition coefficient (Wildman–Crippen LogP) is 5.59. The highest BCUT2D eigenvalue weighted by Gasteiger charge is 2.06. The molecule has 1 N–H and O–H groups in total. The molecule has 0 heterocycles. The van der Waals surface area contributed by atoms with Gasteiger partial charge < -0.3 is 10.1 Å². The second-order valence-corrected chi connectivity index (χ2v) is 6.50. The normalized spacial score (nSPS) is 10.9. The van der Waals surface area contributed by atoms with E-state index in [1.165, 1.54) is 5.56 Å². The number of anilines is 1. The van der Waals surface area contributed by atoms with E-state index < -0.39 is 0 Å². The summed E-state index contributed by atoms with van der Waals surface area (Å²) in [6, 6.07) is 15.6. The van der Waals surface area contributed by atoms with Crippen molar-refractivity contribution in [3.63, 3.8) is 0 Å². The van der Waals surface area contributed by atoms with Gasteiger partial charge in [-0.15, -0.1) is 0 Å². The Morgan fingerprint density at radius 3 is 2.30 bits per heavy atom. The molecule has 0 saturated carbocycles. The molecule has 2 rings (SSSR count). The third-order valence-electron chi connectivity index (χ3n) is 3.49. The lowest BCUT2D eigenvalue weighted by Crippen LogP contribution is -2.13. The monoisotopic (exact) mass is 311 g/mol. The first-order valence-electron chi connectivity index (χ1n) is 8.11. The maximum Gasteiger partial charge on any atom is 0.224 e. The summed E-state index contributed by atoms with van der Waals surface area (Å²) in [5, 5.41) is 2.90. The third kappa shape index (κ3) is 5.44. The van der Waals surface area contributed by atoms with Crippen LogP contribution in [0.4, 0.5) is 5.69 Å². The van der Waals surface area contributed by atoms with Gasteiger partial charge in [0.25, 0.3) is 0 Å². The van der Waals surface area contributed by atoms with Crippen LogP contribution in [0.2, 0.25) is 0 Å². The molecule has 0 aliphatic carbocycles. The van der Waals surface area contributed by atoms with E-state index in [1.54, 1.807) is 0 Å². The zero-order valence-electron chi connectivity index (χ0n) is 14.3. The smallest absolute Gasteiger partial charge is 0.224 e. The Labute approximate surface area is 138 Å². The van der Waals surface area contributed by atoms with Crippen molar-refractivity contribution in [1.29, 1.82) is 0 Å². The lowest BCUT2D eigenvalue weighted by Gasteiger charge is -2.11. The van der Waals surface area contributed by atoms with Crippen molar-refractivity contribution in [2.45, 2.75) is 40.0 Å². The highest BCUT2D eigenvalue weighted by Crippen LogP contribution is 2.26. The molecular formula is C20H25NO2. The molecule has 0 saturated heterocycles. The highest BCUT2D eigenvalue weighted by molar-refractivity contribution is 5.91. The fourth-order valence-electron chi connectivity index (χ4n) is 2.28. The van der Waals surface area contributed by atoms with Crippen molar-refractivity contribution in [2.75, 3.05) is 5.32 Å². The number of nitrogens with one attached hydrogen (secondary N) is 1. The van der Waals surface area contributed by atoms with Crippen LogP contribution in [0.3, 0.4) is 0 Å². The predicted molar refractivity (Wildman–Crippen MR) is 95.1 cm³/mol. The molecule has 0 fully saturated rings. The van der Waals surface area contributed by atoms with Crippen molar-refractivity contribution in [1.82, 2.24) is 0 Å². The standard InChI is InChI=1S/C20H25NO2/c1-14(2)12-20(22)21-17-6-5-7-19(13-17)23-18-10-8-16(9-11-18)15(3)4/h5-11,13-15H,12H2,1-4H3,(H,21,22). The lowest BCUT2D eigenvalue weighted by molar-refractivity contribution is -0.116. The first-order valence-corrected chi connectivity index (χ1v) is 8.11. The Bertz CT molecular complexity index is 645. The molecular weight excluding hydrogens is 286 g/mol. The van der Waals surface area contributed by atoms with E-state index in [1.807, 2.05) is 50.2 Å². The van der Waals surface area contributed by atoms with Crippen molar-refractivity contribution < 1.29 is 9.53 Å². The Balaban J connectivity index is 2.03. The van der Waals surface area contributed by atoms with E-state index in [0.717, 1.165) is 11.4 Å². The Morgan fingerprint density at radius 1 is 1.00 bits per heavy atom. The van der Waals surface area contributed by atoms with Gasteiger partial charge in [0.15, 0.2) is 0 Å². The van der Waals surface area contributed by atoms with Crippen LogP contribution in [-0.4, -0.2) is 5.91 Å². The van der Waals surface area contributed by atoms with Gasteiger partial charge in [-0.1, -0.05) is 45.9 Å². The fourth-order valence-corrected chi connectivity index (χ4v) is 2.28. The summed E-state index contributed by atoms with van der Waals surface area (Å²) >= 11 is 0. The van der Waals surface area contributed by atoms with Gasteiger partial charge in [0.2, 0.25) is 5.91 Å². The van der Waals surface area contributed by atoms with Crippen LogP contribution in [0, 0.1) is 5.92 Å². The molecule has 1 amide bonds. The van der Waals surface area contributed by atoms with Gasteiger partial charge in [0, 0.05) is 18.2 Å². The molecule has 0 aromatic heterocycles. The number of hydrogen-bond acceptors (Lipinski definition) is 2. The number of carbonyl (C=O) groups excluding carboxylic acids is 1. The molecule has 0 spiro atoms. The molecule has 0 aliphatic rings. The summed E-state index contributed by atoms with van der Waals surface area (Å²) in [5.41, 5.74) is 2.04. The summed E-state index contributed by atoms with van der Waals surface area (Å²) in [6.07, 6.45) is 0.516. The maximum absolute atomic E-state index is 11.8. The summed E-state index contributed by atoms with van der Waals surface area (Å²) in [7, 11) is 0. The van der Waals surface area contributed by atoms with Gasteiger partial charge >= 0.3 is 0 Å². The average molecular weight is 311 g/mol. The molecule has 2 aromatic carbocycles. The Kier molecular flexibility index (Phi) is 5.80. The lowest BCUT2D eigenvalue weighted by atomic mass is 10.0.